The van der Waals surface area contributed by atoms with Crippen molar-refractivity contribution in [3.63, 3.8) is 0 Å². The summed E-state index contributed by atoms with van der Waals surface area (Å²) in [5.41, 5.74) is 1.46. The summed E-state index contributed by atoms with van der Waals surface area (Å²) in [6.07, 6.45) is 1.47. The Morgan fingerprint density at radius 1 is 1.31 bits per heavy atom. The van der Waals surface area contributed by atoms with Crippen molar-refractivity contribution in [2.24, 2.45) is 0 Å². The van der Waals surface area contributed by atoms with E-state index in [9.17, 15) is 9.59 Å². The summed E-state index contributed by atoms with van der Waals surface area (Å²) >= 11 is 8.68. The average Bonchev–Trinajstić information content (AvgIpc) is 3.10. The van der Waals surface area contributed by atoms with Gasteiger partial charge in [0.2, 0.25) is 0 Å². The summed E-state index contributed by atoms with van der Waals surface area (Å²) in [6.45, 7) is 1.49. The van der Waals surface area contributed by atoms with Crippen molar-refractivity contribution in [3.8, 4) is 0 Å². The van der Waals surface area contributed by atoms with E-state index in [4.69, 9.17) is 16.3 Å². The molecule has 0 spiro atoms. The molecule has 6 nitrogen and oxygen atoms in total. The second kappa shape index (κ2) is 8.48. The monoisotopic (exact) mass is 407 g/mol. The van der Waals surface area contributed by atoms with Gasteiger partial charge in [0.15, 0.2) is 6.61 Å². The van der Waals surface area contributed by atoms with Crippen molar-refractivity contribution in [2.45, 2.75) is 11.9 Å². The number of nitrogens with zero attached hydrogens (tertiary/aromatic N) is 2. The van der Waals surface area contributed by atoms with Gasteiger partial charge < -0.3 is 10.1 Å². The van der Waals surface area contributed by atoms with Gasteiger partial charge in [-0.05, 0) is 36.1 Å². The third-order valence-electron chi connectivity index (χ3n) is 3.39. The van der Waals surface area contributed by atoms with Crippen LogP contribution in [-0.4, -0.2) is 34.2 Å². The molecule has 3 aromatic rings. The molecule has 0 aliphatic rings. The highest BCUT2D eigenvalue weighted by Gasteiger charge is 2.12. The number of ether oxygens (including phenoxy) is 1. The first kappa shape index (κ1) is 18.6. The molecule has 2 aromatic heterocycles. The normalized spacial score (nSPS) is 10.7. The Morgan fingerprint density at radius 2 is 2.15 bits per heavy atom. The number of hydrogen-bond acceptors (Lipinski definition) is 7. The molecule has 2 heterocycles. The van der Waals surface area contributed by atoms with Gasteiger partial charge in [0.1, 0.15) is 16.2 Å². The molecule has 0 radical (unpaired) electrons. The Kier molecular flexibility index (Phi) is 6.08. The van der Waals surface area contributed by atoms with Gasteiger partial charge in [-0.1, -0.05) is 29.4 Å². The van der Waals surface area contributed by atoms with E-state index in [1.54, 1.807) is 18.2 Å². The van der Waals surface area contributed by atoms with E-state index in [2.05, 4.69) is 15.3 Å². The predicted octanol–water partition coefficient (Wildman–Crippen LogP) is 3.93. The first-order chi connectivity index (χ1) is 12.5. The first-order valence-corrected chi connectivity index (χ1v) is 9.80. The molecule has 0 bridgehead atoms. The summed E-state index contributed by atoms with van der Waals surface area (Å²) in [6, 6.07) is 7.09. The molecule has 0 unspecified atom stereocenters. The fourth-order valence-corrected chi connectivity index (χ4v) is 3.86. The first-order valence-electron chi connectivity index (χ1n) is 7.55. The second-order valence-corrected chi connectivity index (χ2v) is 7.57. The van der Waals surface area contributed by atoms with Crippen molar-refractivity contribution < 1.29 is 14.3 Å². The van der Waals surface area contributed by atoms with Gasteiger partial charge in [-0.25, -0.2) is 9.97 Å². The summed E-state index contributed by atoms with van der Waals surface area (Å²) in [5, 5.41) is 6.73. The van der Waals surface area contributed by atoms with E-state index in [0.717, 1.165) is 15.8 Å². The van der Waals surface area contributed by atoms with Gasteiger partial charge in [-0.15, -0.1) is 11.3 Å². The van der Waals surface area contributed by atoms with Crippen LogP contribution < -0.4 is 5.32 Å². The molecule has 0 aliphatic heterocycles. The molecule has 3 rings (SSSR count). The van der Waals surface area contributed by atoms with Crippen LogP contribution >= 0.6 is 34.7 Å². The lowest BCUT2D eigenvalue weighted by Gasteiger charge is -2.09. The quantitative estimate of drug-likeness (QED) is 0.379. The fourth-order valence-electron chi connectivity index (χ4n) is 2.11. The maximum atomic E-state index is 11.9. The number of nitrogens with one attached hydrogen (secondary N) is 1. The molecular weight excluding hydrogens is 394 g/mol. The molecule has 9 heteroatoms. The van der Waals surface area contributed by atoms with Crippen molar-refractivity contribution in [2.75, 3.05) is 17.7 Å². The maximum absolute atomic E-state index is 11.9. The Morgan fingerprint density at radius 3 is 3.00 bits per heavy atom. The largest absolute Gasteiger partial charge is 0.455 e. The van der Waals surface area contributed by atoms with Crippen LogP contribution in [0.2, 0.25) is 5.02 Å². The average molecular weight is 408 g/mol. The van der Waals surface area contributed by atoms with Crippen LogP contribution in [0.3, 0.4) is 0 Å². The Labute approximate surface area is 162 Å². The fraction of sp³-hybridized carbons (Fsp3) is 0.176. The molecule has 1 aromatic carbocycles. The van der Waals surface area contributed by atoms with Crippen LogP contribution in [0.25, 0.3) is 10.2 Å². The number of fused-ring (bicyclic) bond motifs is 1. The van der Waals surface area contributed by atoms with E-state index in [0.29, 0.717) is 15.7 Å². The highest BCUT2D eigenvalue weighted by atomic mass is 35.5. The SMILES string of the molecule is Cc1ccc(Cl)cc1NC(=O)COC(=O)CSc1ncnc2sccc12. The summed E-state index contributed by atoms with van der Waals surface area (Å²) in [5.74, 6) is -0.850. The van der Waals surface area contributed by atoms with Crippen molar-refractivity contribution in [1.29, 1.82) is 0 Å². The third kappa shape index (κ3) is 4.72. The van der Waals surface area contributed by atoms with Gasteiger partial charge >= 0.3 is 5.97 Å². The Balaban J connectivity index is 1.48. The number of anilines is 1. The second-order valence-electron chi connectivity index (χ2n) is 5.28. The minimum Gasteiger partial charge on any atom is -0.455 e. The van der Waals surface area contributed by atoms with Crippen molar-refractivity contribution in [3.05, 3.63) is 46.6 Å². The predicted molar refractivity (Wildman–Crippen MR) is 104 cm³/mol. The van der Waals surface area contributed by atoms with Crippen LogP contribution in [0.5, 0.6) is 0 Å². The molecule has 134 valence electrons. The Hall–Kier alpha value is -2.16. The van der Waals surface area contributed by atoms with Gasteiger partial charge in [-0.2, -0.15) is 0 Å². The van der Waals surface area contributed by atoms with Crippen molar-refractivity contribution in [1.82, 2.24) is 9.97 Å². The summed E-state index contributed by atoms with van der Waals surface area (Å²) < 4.78 is 5.02. The van der Waals surface area contributed by atoms with E-state index >= 15 is 0 Å². The van der Waals surface area contributed by atoms with Gasteiger partial charge in [-0.3, -0.25) is 9.59 Å². The molecule has 0 fully saturated rings. The zero-order valence-electron chi connectivity index (χ0n) is 13.7. The van der Waals surface area contributed by atoms with Crippen LogP contribution in [0.1, 0.15) is 5.56 Å². The smallest absolute Gasteiger partial charge is 0.316 e. The molecule has 0 saturated carbocycles. The number of aromatic nitrogens is 2. The highest BCUT2D eigenvalue weighted by molar-refractivity contribution is 8.00. The molecular formula is C17H14ClN3O3S2. The number of carbonyl (C=O) groups is 2. The summed E-state index contributed by atoms with van der Waals surface area (Å²) in [4.78, 5) is 33.0. The minimum absolute atomic E-state index is 0.0609. The van der Waals surface area contributed by atoms with Crippen molar-refractivity contribution >= 4 is 62.5 Å². The highest BCUT2D eigenvalue weighted by Crippen LogP contribution is 2.27. The lowest BCUT2D eigenvalue weighted by molar-refractivity contribution is -0.144. The molecule has 26 heavy (non-hydrogen) atoms. The standard InChI is InChI=1S/C17H14ClN3O3S2/c1-10-2-3-11(18)6-13(10)21-14(22)7-24-15(23)8-26-17-12-4-5-25-16(12)19-9-20-17/h2-6,9H,7-8H2,1H3,(H,21,22). The molecule has 1 N–H and O–H groups in total. The van der Waals surface area contributed by atoms with Crippen LogP contribution in [-0.2, 0) is 14.3 Å². The number of aryl methyl sites for hydroxylation is 1. The minimum atomic E-state index is -0.491. The molecule has 1 amide bonds. The van der Waals surface area contributed by atoms with Gasteiger partial charge in [0.05, 0.1) is 5.75 Å². The zero-order valence-corrected chi connectivity index (χ0v) is 16.1. The van der Waals surface area contributed by atoms with E-state index < -0.39 is 11.9 Å². The van der Waals surface area contributed by atoms with E-state index in [1.807, 2.05) is 18.4 Å². The number of esters is 1. The number of hydrogen-bond donors (Lipinski definition) is 1. The van der Waals surface area contributed by atoms with Crippen LogP contribution in [0.4, 0.5) is 5.69 Å². The summed E-state index contributed by atoms with van der Waals surface area (Å²) in [7, 11) is 0. The molecule has 0 aliphatic carbocycles. The van der Waals surface area contributed by atoms with Crippen LogP contribution in [0, 0.1) is 6.92 Å². The molecule has 0 atom stereocenters. The number of rotatable bonds is 6. The van der Waals surface area contributed by atoms with Gasteiger partial charge in [0.25, 0.3) is 5.91 Å². The van der Waals surface area contributed by atoms with E-state index in [-0.39, 0.29) is 12.4 Å². The number of amides is 1. The number of thioether (sulfide) groups is 1. The number of halogens is 1. The third-order valence-corrected chi connectivity index (χ3v) is 5.42. The molecule has 0 saturated heterocycles. The Bertz CT molecular complexity index is 961. The topological polar surface area (TPSA) is 81.2 Å². The number of carbonyl (C=O) groups excluding carboxylic acids is 2. The maximum Gasteiger partial charge on any atom is 0.316 e. The zero-order chi connectivity index (χ0) is 18.5. The van der Waals surface area contributed by atoms with Crippen LogP contribution in [0.15, 0.2) is 41.0 Å². The lowest BCUT2D eigenvalue weighted by Crippen LogP contribution is -2.22. The number of benzene rings is 1. The lowest BCUT2D eigenvalue weighted by atomic mass is 10.2. The van der Waals surface area contributed by atoms with Gasteiger partial charge in [0, 0.05) is 16.1 Å². The van der Waals surface area contributed by atoms with E-state index in [1.165, 1.54) is 29.4 Å². The number of thiophene rings is 1.